The number of ketones is 1. The number of carbonyl (C=O) groups is 2. The monoisotopic (exact) mass is 523 g/mol. The van der Waals surface area contributed by atoms with E-state index in [-0.39, 0.29) is 18.3 Å². The summed E-state index contributed by atoms with van der Waals surface area (Å²) in [5.41, 5.74) is 4.88. The molecular weight excluding hydrogens is 490 g/mol. The molecule has 0 aromatic heterocycles. The van der Waals surface area contributed by atoms with Gasteiger partial charge in [0.25, 0.3) is 0 Å². The molecule has 3 unspecified atom stereocenters. The lowest BCUT2D eigenvalue weighted by Gasteiger charge is -2.40. The van der Waals surface area contributed by atoms with E-state index in [9.17, 15) is 9.59 Å². The number of para-hydroxylation sites is 1. The van der Waals surface area contributed by atoms with E-state index in [0.717, 1.165) is 28.1 Å². The smallest absolute Gasteiger partial charge is 0.336 e. The summed E-state index contributed by atoms with van der Waals surface area (Å²) in [5.74, 6) is -0.0929. The van der Waals surface area contributed by atoms with Crippen molar-refractivity contribution < 1.29 is 23.8 Å². The highest BCUT2D eigenvalue weighted by molar-refractivity contribution is 5.96. The summed E-state index contributed by atoms with van der Waals surface area (Å²) in [6, 6.07) is 25.3. The van der Waals surface area contributed by atoms with E-state index in [1.807, 2.05) is 85.8 Å². The van der Waals surface area contributed by atoms with E-state index >= 15 is 0 Å². The summed E-state index contributed by atoms with van der Waals surface area (Å²) in [6.07, 6.45) is 3.07. The first-order chi connectivity index (χ1) is 19.0. The van der Waals surface area contributed by atoms with Gasteiger partial charge in [-0.3, -0.25) is 4.79 Å². The number of esters is 1. The average molecular weight is 524 g/mol. The summed E-state index contributed by atoms with van der Waals surface area (Å²) in [6.45, 7) is 2.12. The zero-order chi connectivity index (χ0) is 27.4. The molecule has 3 atom stereocenters. The van der Waals surface area contributed by atoms with Crippen LogP contribution in [0.3, 0.4) is 0 Å². The first-order valence-corrected chi connectivity index (χ1v) is 13.2. The normalized spacial score (nSPS) is 20.4. The minimum atomic E-state index is -0.545. The molecule has 0 bridgehead atoms. The second-order valence-corrected chi connectivity index (χ2v) is 9.90. The molecule has 6 nitrogen and oxygen atoms in total. The van der Waals surface area contributed by atoms with Crippen LogP contribution in [-0.4, -0.2) is 32.6 Å². The highest BCUT2D eigenvalue weighted by Crippen LogP contribution is 2.48. The van der Waals surface area contributed by atoms with Gasteiger partial charge in [-0.2, -0.15) is 0 Å². The largest absolute Gasteiger partial charge is 0.497 e. The Bertz CT molecular complexity index is 1410. The van der Waals surface area contributed by atoms with Crippen molar-refractivity contribution in [1.82, 2.24) is 5.32 Å². The summed E-state index contributed by atoms with van der Waals surface area (Å²) >= 11 is 0. The van der Waals surface area contributed by atoms with E-state index in [0.29, 0.717) is 29.9 Å². The van der Waals surface area contributed by atoms with E-state index in [2.05, 4.69) is 11.4 Å². The Morgan fingerprint density at radius 1 is 0.897 bits per heavy atom. The lowest BCUT2D eigenvalue weighted by Crippen LogP contribution is -2.42. The molecule has 200 valence electrons. The van der Waals surface area contributed by atoms with Crippen molar-refractivity contribution in [3.8, 4) is 11.5 Å². The third-order valence-electron chi connectivity index (χ3n) is 7.57. The number of rotatable bonds is 8. The van der Waals surface area contributed by atoms with Gasteiger partial charge in [0, 0.05) is 41.6 Å². The van der Waals surface area contributed by atoms with Crippen molar-refractivity contribution in [3.63, 3.8) is 0 Å². The summed E-state index contributed by atoms with van der Waals surface area (Å²) in [5, 5.41) is 3.40. The van der Waals surface area contributed by atoms with Gasteiger partial charge >= 0.3 is 5.97 Å². The van der Waals surface area contributed by atoms with Crippen molar-refractivity contribution in [1.29, 1.82) is 0 Å². The molecule has 0 saturated carbocycles. The number of Topliss-reactive ketones (excluding diaryl/α,β-unsaturated/α-hetero) is 1. The summed E-state index contributed by atoms with van der Waals surface area (Å²) in [4.78, 5) is 27.5. The summed E-state index contributed by atoms with van der Waals surface area (Å²) in [7, 11) is 3.24. The number of benzene rings is 3. The molecule has 0 amide bonds. The van der Waals surface area contributed by atoms with Crippen molar-refractivity contribution in [2.45, 2.75) is 31.6 Å². The maximum atomic E-state index is 13.9. The standard InChI is InChI=1S/C33H33NO5/c1-21-30(33(36)39-18-17-22-9-5-4-6-10-22)31(26-11-7-8-12-29(26)38-3)32-27(34-21)19-24(20-28(32)35)23-13-15-25(37-2)16-14-23/h4-16,19,24,31-32,34H,17-18,20H2,1-3H3. The van der Waals surface area contributed by atoms with Crippen LogP contribution < -0.4 is 14.8 Å². The Kier molecular flexibility index (Phi) is 7.82. The van der Waals surface area contributed by atoms with Crippen molar-refractivity contribution in [3.05, 3.63) is 119 Å². The highest BCUT2D eigenvalue weighted by atomic mass is 16.5. The number of methoxy groups -OCH3 is 2. The van der Waals surface area contributed by atoms with Crippen LogP contribution in [0.1, 0.15) is 41.9 Å². The van der Waals surface area contributed by atoms with Crippen LogP contribution in [0.15, 0.2) is 102 Å². The average Bonchev–Trinajstić information content (AvgIpc) is 2.96. The Labute approximate surface area is 229 Å². The molecule has 6 heteroatoms. The molecule has 3 aromatic carbocycles. The van der Waals surface area contributed by atoms with Crippen LogP contribution in [0.4, 0.5) is 0 Å². The number of ether oxygens (including phenoxy) is 3. The fraction of sp³-hybridized carbons (Fsp3) is 0.273. The predicted molar refractivity (Wildman–Crippen MR) is 150 cm³/mol. The molecule has 3 aromatic rings. The van der Waals surface area contributed by atoms with Gasteiger partial charge in [0.1, 0.15) is 17.3 Å². The third-order valence-corrected chi connectivity index (χ3v) is 7.57. The highest BCUT2D eigenvalue weighted by Gasteiger charge is 2.45. The van der Waals surface area contributed by atoms with E-state index < -0.39 is 17.8 Å². The van der Waals surface area contributed by atoms with Gasteiger partial charge in [-0.15, -0.1) is 0 Å². The number of hydrogen-bond donors (Lipinski definition) is 1. The van der Waals surface area contributed by atoms with E-state index in [1.54, 1.807) is 14.2 Å². The molecular formula is C33H33NO5. The molecule has 1 aliphatic carbocycles. The maximum Gasteiger partial charge on any atom is 0.336 e. The molecule has 0 saturated heterocycles. The number of carbonyl (C=O) groups excluding carboxylic acids is 2. The van der Waals surface area contributed by atoms with Gasteiger partial charge in [-0.25, -0.2) is 4.79 Å². The minimum Gasteiger partial charge on any atom is -0.497 e. The Hall–Kier alpha value is -4.32. The van der Waals surface area contributed by atoms with Crippen LogP contribution >= 0.6 is 0 Å². The van der Waals surface area contributed by atoms with Gasteiger partial charge in [-0.05, 0) is 36.2 Å². The minimum absolute atomic E-state index is 0.0683. The van der Waals surface area contributed by atoms with Crippen LogP contribution in [0, 0.1) is 5.92 Å². The van der Waals surface area contributed by atoms with Gasteiger partial charge < -0.3 is 19.5 Å². The molecule has 1 N–H and O–H groups in total. The van der Waals surface area contributed by atoms with Gasteiger partial charge in [0.05, 0.1) is 32.3 Å². The molecule has 1 aliphatic heterocycles. The summed E-state index contributed by atoms with van der Waals surface area (Å²) < 4.78 is 16.8. The fourth-order valence-electron chi connectivity index (χ4n) is 5.65. The lowest BCUT2D eigenvalue weighted by atomic mass is 9.68. The molecule has 39 heavy (non-hydrogen) atoms. The Balaban J connectivity index is 1.50. The second-order valence-electron chi connectivity index (χ2n) is 9.90. The number of nitrogens with one attached hydrogen (secondary N) is 1. The number of hydrogen-bond acceptors (Lipinski definition) is 6. The first kappa shape index (κ1) is 26.3. The zero-order valence-corrected chi connectivity index (χ0v) is 22.5. The molecule has 0 spiro atoms. The molecule has 2 aliphatic rings. The molecule has 0 fully saturated rings. The molecule has 5 rings (SSSR count). The van der Waals surface area contributed by atoms with Crippen LogP contribution in [0.2, 0.25) is 0 Å². The molecule has 1 heterocycles. The molecule has 0 radical (unpaired) electrons. The SMILES string of the molecule is COc1ccc(C2C=C3NC(C)=C(C(=O)OCCc4ccccc4)C(c4ccccc4OC)C3C(=O)C2)cc1. The predicted octanol–water partition coefficient (Wildman–Crippen LogP) is 5.71. The lowest BCUT2D eigenvalue weighted by molar-refractivity contribution is -0.139. The van der Waals surface area contributed by atoms with Gasteiger partial charge in [0.15, 0.2) is 0 Å². The van der Waals surface area contributed by atoms with Crippen LogP contribution in [0.5, 0.6) is 11.5 Å². The third kappa shape index (κ3) is 5.46. The number of fused-ring (bicyclic) bond motifs is 1. The van der Waals surface area contributed by atoms with Gasteiger partial charge in [0.2, 0.25) is 0 Å². The maximum absolute atomic E-state index is 13.9. The van der Waals surface area contributed by atoms with Crippen molar-refractivity contribution in [2.24, 2.45) is 5.92 Å². The quantitative estimate of drug-likeness (QED) is 0.382. The van der Waals surface area contributed by atoms with Crippen molar-refractivity contribution in [2.75, 3.05) is 20.8 Å². The van der Waals surface area contributed by atoms with Crippen molar-refractivity contribution >= 4 is 11.8 Å². The topological polar surface area (TPSA) is 73.9 Å². The zero-order valence-electron chi connectivity index (χ0n) is 22.5. The van der Waals surface area contributed by atoms with E-state index in [1.165, 1.54) is 0 Å². The van der Waals surface area contributed by atoms with Crippen LogP contribution in [0.25, 0.3) is 0 Å². The first-order valence-electron chi connectivity index (χ1n) is 13.2. The second kappa shape index (κ2) is 11.6. The van der Waals surface area contributed by atoms with Crippen LogP contribution in [-0.2, 0) is 20.7 Å². The van der Waals surface area contributed by atoms with E-state index in [4.69, 9.17) is 14.2 Å². The fourth-order valence-corrected chi connectivity index (χ4v) is 5.65. The van der Waals surface area contributed by atoms with Gasteiger partial charge in [-0.1, -0.05) is 66.7 Å². The Morgan fingerprint density at radius 2 is 1.62 bits per heavy atom. The Morgan fingerprint density at radius 3 is 2.33 bits per heavy atom. The number of allylic oxidation sites excluding steroid dienone is 3.